The third-order valence-electron chi connectivity index (χ3n) is 26.5. The highest BCUT2D eigenvalue weighted by Gasteiger charge is 2.59. The smallest absolute Gasteiger partial charge is 0.243 e. The summed E-state index contributed by atoms with van der Waals surface area (Å²) in [6.45, 7) is 10.6. The van der Waals surface area contributed by atoms with Crippen LogP contribution in [0.1, 0.15) is 142 Å². The number of halogens is 6. The molecule has 21 nitrogen and oxygen atoms in total. The Labute approximate surface area is 813 Å². The van der Waals surface area contributed by atoms with Crippen molar-refractivity contribution in [1.29, 1.82) is 0 Å². The number of nitrogens with zero attached hydrogens (tertiary/aromatic N) is 6. The van der Waals surface area contributed by atoms with Gasteiger partial charge in [-0.1, -0.05) is 243 Å². The van der Waals surface area contributed by atoms with E-state index in [1.807, 2.05) is 41.5 Å². The van der Waals surface area contributed by atoms with Crippen molar-refractivity contribution in [2.75, 3.05) is 19.6 Å². The first-order valence-electron chi connectivity index (χ1n) is 43.8. The number of rotatable bonds is 18. The Bertz CT molecular complexity index is 7220. The van der Waals surface area contributed by atoms with Gasteiger partial charge in [0, 0.05) is 105 Å². The van der Waals surface area contributed by atoms with Crippen LogP contribution in [0, 0.1) is 65.1 Å². The minimum Gasteiger partial charge on any atom is -0.299 e. The van der Waals surface area contributed by atoms with E-state index in [-0.39, 0.29) is 110 Å². The average molecular weight is 2030 g/mol. The van der Waals surface area contributed by atoms with Gasteiger partial charge in [-0.15, -0.1) is 0 Å². The molecule has 6 aliphatic heterocycles. The van der Waals surface area contributed by atoms with Crippen LogP contribution in [0.5, 0.6) is 0 Å². The van der Waals surface area contributed by atoms with Gasteiger partial charge in [-0.3, -0.25) is 14.4 Å². The van der Waals surface area contributed by atoms with E-state index >= 15 is 4.39 Å². The topological polar surface area (TPSA) is 275 Å². The summed E-state index contributed by atoms with van der Waals surface area (Å²) in [7, 11) is -24.9. The van der Waals surface area contributed by atoms with Crippen LogP contribution in [0.2, 0.25) is 25.1 Å². The molecule has 0 aromatic heterocycles. The number of Topliss-reactive ketones (excluding diaryl/α,β-unsaturated/α-hetero) is 3. The first-order chi connectivity index (χ1) is 64.1. The molecule has 0 spiro atoms. The zero-order valence-electron chi connectivity index (χ0n) is 74.0. The number of fused-ring (bicyclic) bond motifs is 3. The van der Waals surface area contributed by atoms with Crippen LogP contribution >= 0.6 is 58.0 Å². The molecule has 18 rings (SSSR count). The first-order valence-corrected chi connectivity index (χ1v) is 54.3. The maximum Gasteiger partial charge on any atom is 0.243 e. The summed E-state index contributed by atoms with van der Waals surface area (Å²) in [5, 5.41) is 2.27. The van der Waals surface area contributed by atoms with E-state index < -0.39 is 138 Å². The number of piperidine rings is 6. The van der Waals surface area contributed by atoms with Crippen molar-refractivity contribution in [2.45, 2.75) is 164 Å². The van der Waals surface area contributed by atoms with E-state index in [9.17, 15) is 64.9 Å². The van der Waals surface area contributed by atoms with E-state index in [0.717, 1.165) is 33.4 Å². The van der Waals surface area contributed by atoms with Crippen LogP contribution in [0.3, 0.4) is 0 Å². The summed E-state index contributed by atoms with van der Waals surface area (Å²) in [6, 6.07) is 71.6. The highest BCUT2D eigenvalue weighted by molar-refractivity contribution is 7.90. The number of hydrogen-bond donors (Lipinski definition) is 0. The molecular weight excluding hydrogens is 1940 g/mol. The second-order valence-corrected chi connectivity index (χ2v) is 48.6. The standard InChI is InChI=1S/2C34H32Cl2N2O5S2.C34H32ClFN2O5S2/c1-22-3-15-28(16-4-22)44(40,41)37-21-30-33(19-31(37)24-7-11-26(35)12-8-24)38(45(42,43)29-17-5-23(2)6-18-29)32(20-34(30)39)25-9-13-27(36)14-10-25;1-22-6-14-28(15-7-22)44(40,41)37-21-30-33(19-31(37)25-4-3-5-27(36)18-25)38(45(42,43)29-16-8-23(2)9-17-29)32(20-34(30)39)24-10-12-26(35)13-11-24;1-22-10-14-26(15-11-22)44(40,41)37-21-29-32(19-31(37)24-6-5-7-25(35)18-24)38(45(42,43)27-16-12-23(2)13-17-27)33(20-34(29)39)28-8-3-4-9-30(28)36/h2*3-18,30-33H,19-21H2,1-2H3;3-18,29,31-33H,19-21H2,1-2H3/t2*30-,31+,32+,33+;29-,31+,32+,33+/m111/s1. The van der Waals surface area contributed by atoms with E-state index in [1.54, 1.807) is 249 Å². The zero-order valence-corrected chi connectivity index (χ0v) is 82.7. The van der Waals surface area contributed by atoms with E-state index in [0.29, 0.717) is 52.9 Å². The molecule has 6 fully saturated rings. The monoisotopic (exact) mass is 2030 g/mol. The summed E-state index contributed by atoms with van der Waals surface area (Å²) in [5.74, 6) is -4.07. The number of hydrogen-bond acceptors (Lipinski definition) is 15. The van der Waals surface area contributed by atoms with Crippen LogP contribution in [-0.2, 0) is 74.5 Å². The van der Waals surface area contributed by atoms with Crippen molar-refractivity contribution in [3.05, 3.63) is 389 Å². The number of aryl methyl sites for hydroxylation is 6. The Morgan fingerprint density at radius 2 is 0.489 bits per heavy atom. The predicted molar refractivity (Wildman–Crippen MR) is 520 cm³/mol. The van der Waals surface area contributed by atoms with E-state index in [2.05, 4.69) is 0 Å². The van der Waals surface area contributed by atoms with Gasteiger partial charge in [-0.2, -0.15) is 25.8 Å². The van der Waals surface area contributed by atoms with Crippen molar-refractivity contribution in [3.8, 4) is 0 Å². The van der Waals surface area contributed by atoms with Crippen LogP contribution < -0.4 is 0 Å². The molecule has 0 aliphatic carbocycles. The molecule has 12 atom stereocenters. The van der Waals surface area contributed by atoms with Crippen LogP contribution in [0.15, 0.2) is 321 Å². The molecule has 6 heterocycles. The van der Waals surface area contributed by atoms with Crippen LogP contribution in [-0.4, -0.2) is 131 Å². The Morgan fingerprint density at radius 3 is 0.756 bits per heavy atom. The zero-order chi connectivity index (χ0) is 96.3. The molecule has 702 valence electrons. The molecule has 12 aromatic rings. The molecule has 0 radical (unpaired) electrons. The fourth-order valence-electron chi connectivity index (χ4n) is 19.4. The normalized spacial score (nSPS) is 23.1. The molecule has 0 amide bonds. The van der Waals surface area contributed by atoms with E-state index in [4.69, 9.17) is 58.0 Å². The Hall–Kier alpha value is -9.51. The quantitative estimate of drug-likeness (QED) is 0.0772. The highest BCUT2D eigenvalue weighted by Crippen LogP contribution is 2.54. The molecule has 6 aliphatic rings. The third-order valence-corrected chi connectivity index (χ3v) is 39.2. The highest BCUT2D eigenvalue weighted by atomic mass is 35.5. The van der Waals surface area contributed by atoms with Gasteiger partial charge < -0.3 is 0 Å². The summed E-state index contributed by atoms with van der Waals surface area (Å²) < 4.78 is 196. The van der Waals surface area contributed by atoms with Gasteiger partial charge in [0.15, 0.2) is 0 Å². The lowest BCUT2D eigenvalue weighted by atomic mass is 9.77. The second kappa shape index (κ2) is 39.8. The molecular formula is C102H96Cl5FN6O15S6. The summed E-state index contributed by atoms with van der Waals surface area (Å²) in [6.07, 6.45) is -0.424. The van der Waals surface area contributed by atoms with Crippen molar-refractivity contribution < 1.29 is 69.3 Å². The van der Waals surface area contributed by atoms with Gasteiger partial charge in [-0.25, -0.2) is 54.9 Å². The lowest BCUT2D eigenvalue weighted by Gasteiger charge is -2.51. The molecule has 0 bridgehead atoms. The van der Waals surface area contributed by atoms with Crippen molar-refractivity contribution in [1.82, 2.24) is 25.8 Å². The number of carbonyl (C=O) groups excluding carboxylic acids is 3. The molecule has 135 heavy (non-hydrogen) atoms. The summed E-state index contributed by atoms with van der Waals surface area (Å²) >= 11 is 31.3. The van der Waals surface area contributed by atoms with Gasteiger partial charge in [0.05, 0.1) is 65.6 Å². The Morgan fingerprint density at radius 1 is 0.252 bits per heavy atom. The SMILES string of the molecule is Cc1ccc(S(=O)(=O)N2C[C@H]3C(=O)C[C@@H](c4ccc(Cl)cc4)N(S(=O)(=O)c4ccc(C)cc4)[C@H]3C[C@H]2c2ccc(Cl)cc2)cc1.Cc1ccc(S(=O)(=O)N2C[C@H]3C(=O)C[C@@H](c4ccc(Cl)cc4)N(S(=O)(=O)c4ccc(C)cc4)[C@H]3C[C@H]2c2cccc(Cl)c2)cc1.Cc1ccc(S(=O)(=O)N2C[C@H]3C(=O)C[C@@H](c4ccccc4F)N(S(=O)(=O)c4ccc(C)cc4)[C@H]3C[C@H]2c2cccc(Cl)c2)cc1. The fraction of sp³-hybridized carbons (Fsp3) is 0.265. The molecule has 0 unspecified atom stereocenters. The van der Waals surface area contributed by atoms with Crippen LogP contribution in [0.25, 0.3) is 0 Å². The minimum absolute atomic E-state index is 0.0107. The number of ketones is 3. The van der Waals surface area contributed by atoms with Crippen molar-refractivity contribution >= 4 is 135 Å². The van der Waals surface area contributed by atoms with Gasteiger partial charge in [0.1, 0.15) is 23.2 Å². The second-order valence-electron chi connectivity index (χ2n) is 35.2. The van der Waals surface area contributed by atoms with Gasteiger partial charge in [0.2, 0.25) is 60.1 Å². The van der Waals surface area contributed by atoms with Gasteiger partial charge in [0.25, 0.3) is 0 Å². The molecule has 0 saturated carbocycles. The van der Waals surface area contributed by atoms with Gasteiger partial charge >= 0.3 is 0 Å². The number of sulfonamides is 6. The maximum absolute atomic E-state index is 15.3. The first kappa shape index (κ1) is 98.5. The largest absolute Gasteiger partial charge is 0.299 e. The third kappa shape index (κ3) is 20.3. The lowest BCUT2D eigenvalue weighted by molar-refractivity contribution is -0.133. The maximum atomic E-state index is 15.3. The lowest BCUT2D eigenvalue weighted by Crippen LogP contribution is -2.61. The molecule has 0 N–H and O–H groups in total. The van der Waals surface area contributed by atoms with Gasteiger partial charge in [-0.05, 0) is 228 Å². The van der Waals surface area contributed by atoms with Crippen LogP contribution in [0.4, 0.5) is 4.39 Å². The minimum atomic E-state index is -4.29. The molecule has 6 saturated heterocycles. The fourth-order valence-corrected chi connectivity index (χ4v) is 30.7. The van der Waals surface area contributed by atoms with Crippen molar-refractivity contribution in [3.63, 3.8) is 0 Å². The summed E-state index contributed by atoms with van der Waals surface area (Å²) in [4.78, 5) is 42.4. The summed E-state index contributed by atoms with van der Waals surface area (Å²) in [5.41, 5.74) is 8.58. The Balaban J connectivity index is 0.000000147. The van der Waals surface area contributed by atoms with Crippen molar-refractivity contribution in [2.24, 2.45) is 17.8 Å². The molecule has 12 aromatic carbocycles. The number of carbonyl (C=O) groups is 3. The molecule has 33 heteroatoms. The van der Waals surface area contributed by atoms with E-state index in [1.165, 1.54) is 68.3 Å². The predicted octanol–water partition coefficient (Wildman–Crippen LogP) is 20.9. The Kier molecular flexibility index (Phi) is 29.0. The number of benzene rings is 12. The average Bonchev–Trinajstić information content (AvgIpc) is 0.722.